The van der Waals surface area contributed by atoms with Crippen molar-refractivity contribution in [2.45, 2.75) is 45.2 Å². The molecule has 1 saturated heterocycles. The maximum absolute atomic E-state index is 9.69. The molecule has 1 heterocycles. The molecule has 3 heteroatoms. The number of aliphatic hydroxyl groups is 1. The SMILES string of the molecule is CCCN1CCCC(C(C)N[C@@H](CO)c2ccccc2)C1. The number of nitrogens with one attached hydrogen (secondary N) is 1. The van der Waals surface area contributed by atoms with Crippen LogP contribution in [0.5, 0.6) is 0 Å². The minimum Gasteiger partial charge on any atom is -0.394 e. The van der Waals surface area contributed by atoms with E-state index in [0.29, 0.717) is 12.0 Å². The smallest absolute Gasteiger partial charge is 0.0626 e. The van der Waals surface area contributed by atoms with E-state index in [-0.39, 0.29) is 12.6 Å². The van der Waals surface area contributed by atoms with Crippen LogP contribution in [0.3, 0.4) is 0 Å². The summed E-state index contributed by atoms with van der Waals surface area (Å²) in [6, 6.07) is 10.7. The first-order valence-corrected chi connectivity index (χ1v) is 8.38. The van der Waals surface area contributed by atoms with Gasteiger partial charge in [0.05, 0.1) is 12.6 Å². The molecule has 0 bridgehead atoms. The Hall–Kier alpha value is -0.900. The van der Waals surface area contributed by atoms with E-state index in [0.717, 1.165) is 0 Å². The van der Waals surface area contributed by atoms with Crippen LogP contribution < -0.4 is 5.32 Å². The van der Waals surface area contributed by atoms with Gasteiger partial charge in [-0.25, -0.2) is 0 Å². The average molecular weight is 290 g/mol. The Morgan fingerprint density at radius 1 is 1.33 bits per heavy atom. The molecule has 2 N–H and O–H groups in total. The third kappa shape index (κ3) is 4.80. The van der Waals surface area contributed by atoms with Gasteiger partial charge in [0.1, 0.15) is 0 Å². The molecule has 2 unspecified atom stereocenters. The van der Waals surface area contributed by atoms with Crippen LogP contribution in [0.15, 0.2) is 30.3 Å². The Bertz CT molecular complexity index is 393. The van der Waals surface area contributed by atoms with Crippen LogP contribution in [0.4, 0.5) is 0 Å². The fraction of sp³-hybridized carbons (Fsp3) is 0.667. The number of aliphatic hydroxyl groups excluding tert-OH is 1. The van der Waals surface area contributed by atoms with E-state index in [2.05, 4.69) is 36.2 Å². The maximum Gasteiger partial charge on any atom is 0.0626 e. The van der Waals surface area contributed by atoms with Crippen LogP contribution >= 0.6 is 0 Å². The first-order chi connectivity index (χ1) is 10.2. The Labute approximate surface area is 129 Å². The van der Waals surface area contributed by atoms with E-state index in [9.17, 15) is 5.11 Å². The van der Waals surface area contributed by atoms with Crippen molar-refractivity contribution in [2.24, 2.45) is 5.92 Å². The zero-order chi connectivity index (χ0) is 15.1. The van der Waals surface area contributed by atoms with E-state index in [1.54, 1.807) is 0 Å². The van der Waals surface area contributed by atoms with Gasteiger partial charge >= 0.3 is 0 Å². The van der Waals surface area contributed by atoms with Gasteiger partial charge in [0, 0.05) is 12.6 Å². The lowest BCUT2D eigenvalue weighted by molar-refractivity contribution is 0.138. The second-order valence-electron chi connectivity index (χ2n) is 6.30. The molecule has 0 saturated carbocycles. The summed E-state index contributed by atoms with van der Waals surface area (Å²) in [7, 11) is 0. The fourth-order valence-electron chi connectivity index (χ4n) is 3.41. The minimum absolute atomic E-state index is 0.0442. The van der Waals surface area contributed by atoms with Gasteiger partial charge in [0.25, 0.3) is 0 Å². The number of hydrogen-bond acceptors (Lipinski definition) is 3. The lowest BCUT2D eigenvalue weighted by Gasteiger charge is -2.37. The molecule has 21 heavy (non-hydrogen) atoms. The standard InChI is InChI=1S/C18H30N2O/c1-3-11-20-12-7-10-17(13-20)15(2)19-18(14-21)16-8-5-4-6-9-16/h4-6,8-9,15,17-19,21H,3,7,10-14H2,1-2H3/t15?,17?,18-/m0/s1. The Morgan fingerprint density at radius 3 is 2.76 bits per heavy atom. The minimum atomic E-state index is 0.0442. The van der Waals surface area contributed by atoms with Crippen molar-refractivity contribution in [1.29, 1.82) is 0 Å². The van der Waals surface area contributed by atoms with Crippen LogP contribution in [0, 0.1) is 5.92 Å². The van der Waals surface area contributed by atoms with Gasteiger partial charge in [-0.15, -0.1) is 0 Å². The lowest BCUT2D eigenvalue weighted by atomic mass is 9.90. The Kier molecular flexibility index (Phi) is 6.68. The topological polar surface area (TPSA) is 35.5 Å². The zero-order valence-electron chi connectivity index (χ0n) is 13.5. The molecule has 0 spiro atoms. The summed E-state index contributed by atoms with van der Waals surface area (Å²) in [5.41, 5.74) is 1.17. The van der Waals surface area contributed by atoms with Crippen molar-refractivity contribution >= 4 is 0 Å². The monoisotopic (exact) mass is 290 g/mol. The lowest BCUT2D eigenvalue weighted by Crippen LogP contribution is -2.46. The molecular formula is C18H30N2O. The molecule has 1 aliphatic heterocycles. The molecule has 0 amide bonds. The van der Waals surface area contributed by atoms with Crippen molar-refractivity contribution < 1.29 is 5.11 Å². The van der Waals surface area contributed by atoms with Gasteiger partial charge in [-0.3, -0.25) is 0 Å². The molecule has 2 rings (SSSR count). The molecule has 3 atom stereocenters. The number of rotatable bonds is 7. The third-order valence-corrected chi connectivity index (χ3v) is 4.64. The summed E-state index contributed by atoms with van der Waals surface area (Å²) in [4.78, 5) is 2.59. The maximum atomic E-state index is 9.69. The molecule has 118 valence electrons. The molecule has 3 nitrogen and oxygen atoms in total. The molecular weight excluding hydrogens is 260 g/mol. The van der Waals surface area contributed by atoms with Crippen molar-refractivity contribution in [3.8, 4) is 0 Å². The summed E-state index contributed by atoms with van der Waals surface area (Å²) in [6.07, 6.45) is 3.82. The third-order valence-electron chi connectivity index (χ3n) is 4.64. The number of benzene rings is 1. The summed E-state index contributed by atoms with van der Waals surface area (Å²) in [6.45, 7) is 8.33. The van der Waals surface area contributed by atoms with Crippen LogP contribution in [-0.2, 0) is 0 Å². The molecule has 1 aromatic rings. The highest BCUT2D eigenvalue weighted by Crippen LogP contribution is 2.22. The normalized spacial score (nSPS) is 22.9. The molecule has 1 aliphatic rings. The highest BCUT2D eigenvalue weighted by atomic mass is 16.3. The van der Waals surface area contributed by atoms with Crippen LogP contribution in [-0.4, -0.2) is 42.3 Å². The average Bonchev–Trinajstić information content (AvgIpc) is 2.54. The predicted octanol–water partition coefficient (Wildman–Crippen LogP) is 2.82. The molecule has 0 aromatic heterocycles. The van der Waals surface area contributed by atoms with Crippen LogP contribution in [0.2, 0.25) is 0 Å². The predicted molar refractivity (Wildman–Crippen MR) is 88.3 cm³/mol. The van der Waals surface area contributed by atoms with Crippen molar-refractivity contribution in [3.05, 3.63) is 35.9 Å². The second-order valence-corrected chi connectivity index (χ2v) is 6.30. The fourth-order valence-corrected chi connectivity index (χ4v) is 3.41. The van der Waals surface area contributed by atoms with E-state index >= 15 is 0 Å². The zero-order valence-corrected chi connectivity index (χ0v) is 13.5. The van der Waals surface area contributed by atoms with Crippen LogP contribution in [0.25, 0.3) is 0 Å². The van der Waals surface area contributed by atoms with Gasteiger partial charge in [-0.1, -0.05) is 37.3 Å². The molecule has 1 fully saturated rings. The van der Waals surface area contributed by atoms with E-state index in [1.165, 1.54) is 44.5 Å². The molecule has 0 aliphatic carbocycles. The highest BCUT2D eigenvalue weighted by molar-refractivity contribution is 5.19. The van der Waals surface area contributed by atoms with Crippen LogP contribution in [0.1, 0.15) is 44.7 Å². The summed E-state index contributed by atoms with van der Waals surface area (Å²) in [5.74, 6) is 0.683. The summed E-state index contributed by atoms with van der Waals surface area (Å²) < 4.78 is 0. The second kappa shape index (κ2) is 8.52. The van der Waals surface area contributed by atoms with Crippen molar-refractivity contribution in [2.75, 3.05) is 26.2 Å². The highest BCUT2D eigenvalue weighted by Gasteiger charge is 2.25. The molecule has 1 aromatic carbocycles. The largest absolute Gasteiger partial charge is 0.394 e. The number of piperidine rings is 1. The quantitative estimate of drug-likeness (QED) is 0.810. The van der Waals surface area contributed by atoms with Gasteiger partial charge < -0.3 is 15.3 Å². The van der Waals surface area contributed by atoms with Gasteiger partial charge in [0.2, 0.25) is 0 Å². The van der Waals surface area contributed by atoms with E-state index in [4.69, 9.17) is 0 Å². The summed E-state index contributed by atoms with van der Waals surface area (Å²) >= 11 is 0. The first-order valence-electron chi connectivity index (χ1n) is 8.38. The van der Waals surface area contributed by atoms with Gasteiger partial charge in [0.15, 0.2) is 0 Å². The number of likely N-dealkylation sites (tertiary alicyclic amines) is 1. The first kappa shape index (κ1) is 16.5. The van der Waals surface area contributed by atoms with E-state index < -0.39 is 0 Å². The molecule has 0 radical (unpaired) electrons. The Balaban J connectivity index is 1.91. The summed E-state index contributed by atoms with van der Waals surface area (Å²) in [5, 5.41) is 13.3. The Morgan fingerprint density at radius 2 is 2.10 bits per heavy atom. The number of nitrogens with zero attached hydrogens (tertiary/aromatic N) is 1. The van der Waals surface area contributed by atoms with E-state index in [1.807, 2.05) is 18.2 Å². The van der Waals surface area contributed by atoms with Gasteiger partial charge in [-0.2, -0.15) is 0 Å². The number of hydrogen-bond donors (Lipinski definition) is 2. The van der Waals surface area contributed by atoms with Crippen molar-refractivity contribution in [3.63, 3.8) is 0 Å². The van der Waals surface area contributed by atoms with Crippen molar-refractivity contribution in [1.82, 2.24) is 10.2 Å². The van der Waals surface area contributed by atoms with Gasteiger partial charge in [-0.05, 0) is 50.8 Å².